The molecule has 70 valence electrons. The van der Waals surface area contributed by atoms with Gasteiger partial charge in [-0.25, -0.2) is 0 Å². The lowest BCUT2D eigenvalue weighted by Gasteiger charge is -2.35. The lowest BCUT2D eigenvalue weighted by molar-refractivity contribution is -0.123. The topological polar surface area (TPSA) is 37.3 Å². The van der Waals surface area contributed by atoms with Gasteiger partial charge in [0.25, 0.3) is 0 Å². The van der Waals surface area contributed by atoms with E-state index in [-0.39, 0.29) is 17.6 Å². The molecule has 1 rings (SSSR count). The van der Waals surface area contributed by atoms with Crippen molar-refractivity contribution in [2.24, 2.45) is 0 Å². The Morgan fingerprint density at radius 2 is 2.33 bits per heavy atom. The molecule has 0 aromatic rings. The van der Waals surface area contributed by atoms with Crippen LogP contribution in [0.25, 0.3) is 0 Å². The number of hydrogen-bond acceptors (Lipinski definition) is 2. The molecule has 3 heteroatoms. The predicted molar refractivity (Wildman–Crippen MR) is 48.4 cm³/mol. The van der Waals surface area contributed by atoms with Gasteiger partial charge >= 0.3 is 0 Å². The Labute approximate surface area is 77.9 Å². The number of aliphatic hydroxyl groups is 1. The Morgan fingerprint density at radius 1 is 1.67 bits per heavy atom. The molecule has 0 aromatic carbocycles. The molecule has 0 amide bonds. The van der Waals surface area contributed by atoms with Gasteiger partial charge in [0.05, 0.1) is 11.0 Å². The second kappa shape index (κ2) is 3.75. The van der Waals surface area contributed by atoms with Crippen LogP contribution >= 0.6 is 11.6 Å². The number of carbonyl (C=O) groups is 1. The van der Waals surface area contributed by atoms with Crippen molar-refractivity contribution in [3.05, 3.63) is 0 Å². The maximum absolute atomic E-state index is 10.8. The molecule has 12 heavy (non-hydrogen) atoms. The zero-order chi connectivity index (χ0) is 9.19. The first-order chi connectivity index (χ1) is 5.54. The normalized spacial score (nSPS) is 36.4. The fourth-order valence-corrected chi connectivity index (χ4v) is 2.15. The highest BCUT2D eigenvalue weighted by Crippen LogP contribution is 2.34. The van der Waals surface area contributed by atoms with E-state index >= 15 is 0 Å². The monoisotopic (exact) mass is 190 g/mol. The summed E-state index contributed by atoms with van der Waals surface area (Å²) in [4.78, 5) is 10.8. The summed E-state index contributed by atoms with van der Waals surface area (Å²) in [6.07, 6.45) is 3.74. The zero-order valence-electron chi connectivity index (χ0n) is 7.35. The third kappa shape index (κ3) is 2.20. The third-order valence-corrected chi connectivity index (χ3v) is 3.08. The van der Waals surface area contributed by atoms with Crippen LogP contribution in [0, 0.1) is 0 Å². The quantitative estimate of drug-likeness (QED) is 0.676. The van der Waals surface area contributed by atoms with Crippen LogP contribution in [0.5, 0.6) is 0 Å². The summed E-state index contributed by atoms with van der Waals surface area (Å²) in [5, 5.41) is 9.72. The second-order valence-electron chi connectivity index (χ2n) is 3.70. The Balaban J connectivity index is 2.59. The molecule has 2 nitrogen and oxygen atoms in total. The number of rotatable bonds is 2. The van der Waals surface area contributed by atoms with E-state index in [0.29, 0.717) is 6.42 Å². The summed E-state index contributed by atoms with van der Waals surface area (Å²) < 4.78 is 0. The minimum absolute atomic E-state index is 0.0186. The standard InChI is InChI=1S/C9H15ClO2/c1-7(11)6-9(12)5-3-2-4-8(9)10/h8,12H,2-6H2,1H3/t8-,9+/m1/s1. The molecule has 0 spiro atoms. The molecule has 0 bridgehead atoms. The van der Waals surface area contributed by atoms with Gasteiger partial charge in [0.2, 0.25) is 0 Å². The number of Topliss-reactive ketones (excluding diaryl/α,β-unsaturated/α-hetero) is 1. The summed E-state index contributed by atoms with van der Waals surface area (Å²) in [5.74, 6) is 0.0186. The molecule has 1 fully saturated rings. The molecule has 1 aliphatic rings. The van der Waals surface area contributed by atoms with Crippen LogP contribution < -0.4 is 0 Å². The van der Waals surface area contributed by atoms with E-state index < -0.39 is 5.60 Å². The molecular formula is C9H15ClO2. The minimum atomic E-state index is -0.925. The first-order valence-electron chi connectivity index (χ1n) is 4.40. The molecule has 1 N–H and O–H groups in total. The van der Waals surface area contributed by atoms with E-state index in [1.807, 2.05) is 0 Å². The van der Waals surface area contributed by atoms with Gasteiger partial charge in [0.1, 0.15) is 5.78 Å². The van der Waals surface area contributed by atoms with Crippen LogP contribution in [0.3, 0.4) is 0 Å². The average Bonchev–Trinajstić information content (AvgIpc) is 1.94. The van der Waals surface area contributed by atoms with Crippen molar-refractivity contribution in [2.45, 2.75) is 50.0 Å². The average molecular weight is 191 g/mol. The summed E-state index contributed by atoms with van der Waals surface area (Å²) >= 11 is 5.97. The largest absolute Gasteiger partial charge is 0.388 e. The summed E-state index contributed by atoms with van der Waals surface area (Å²) in [6.45, 7) is 1.50. The van der Waals surface area contributed by atoms with Crippen LogP contribution in [0.1, 0.15) is 39.0 Å². The maximum atomic E-state index is 10.8. The van der Waals surface area contributed by atoms with Gasteiger partial charge in [-0.15, -0.1) is 11.6 Å². The van der Waals surface area contributed by atoms with Gasteiger partial charge in [-0.1, -0.05) is 12.8 Å². The highest BCUT2D eigenvalue weighted by molar-refractivity contribution is 6.21. The molecule has 1 aliphatic carbocycles. The molecule has 2 atom stereocenters. The van der Waals surface area contributed by atoms with Gasteiger partial charge < -0.3 is 5.11 Å². The molecule has 1 saturated carbocycles. The number of halogens is 1. The minimum Gasteiger partial charge on any atom is -0.388 e. The van der Waals surface area contributed by atoms with Crippen LogP contribution in [-0.2, 0) is 4.79 Å². The molecule has 0 aliphatic heterocycles. The number of alkyl halides is 1. The molecule has 0 saturated heterocycles. The zero-order valence-corrected chi connectivity index (χ0v) is 8.10. The van der Waals surface area contributed by atoms with Gasteiger partial charge in [-0.3, -0.25) is 4.79 Å². The molecule has 0 heterocycles. The van der Waals surface area contributed by atoms with E-state index in [0.717, 1.165) is 19.3 Å². The Hall–Kier alpha value is -0.0800. The highest BCUT2D eigenvalue weighted by atomic mass is 35.5. The molecule has 0 aromatic heterocycles. The fraction of sp³-hybridized carbons (Fsp3) is 0.889. The third-order valence-electron chi connectivity index (χ3n) is 2.46. The van der Waals surface area contributed by atoms with E-state index in [2.05, 4.69) is 0 Å². The lowest BCUT2D eigenvalue weighted by atomic mass is 9.81. The summed E-state index contributed by atoms with van der Waals surface area (Å²) in [6, 6.07) is 0. The molecule has 0 radical (unpaired) electrons. The summed E-state index contributed by atoms with van der Waals surface area (Å²) in [7, 11) is 0. The van der Waals surface area contributed by atoms with Crippen molar-refractivity contribution in [1.82, 2.24) is 0 Å². The maximum Gasteiger partial charge on any atom is 0.132 e. The van der Waals surface area contributed by atoms with E-state index in [4.69, 9.17) is 11.6 Å². The van der Waals surface area contributed by atoms with E-state index in [9.17, 15) is 9.90 Å². The van der Waals surface area contributed by atoms with E-state index in [1.165, 1.54) is 6.92 Å². The summed E-state index contributed by atoms with van der Waals surface area (Å²) in [5.41, 5.74) is -0.925. The Morgan fingerprint density at radius 3 is 2.83 bits per heavy atom. The van der Waals surface area contributed by atoms with Crippen molar-refractivity contribution in [1.29, 1.82) is 0 Å². The highest BCUT2D eigenvalue weighted by Gasteiger charge is 2.38. The second-order valence-corrected chi connectivity index (χ2v) is 4.22. The van der Waals surface area contributed by atoms with Crippen molar-refractivity contribution < 1.29 is 9.90 Å². The molecular weight excluding hydrogens is 176 g/mol. The Bertz CT molecular complexity index is 181. The number of hydrogen-bond donors (Lipinski definition) is 1. The number of ketones is 1. The fourth-order valence-electron chi connectivity index (χ4n) is 1.81. The van der Waals surface area contributed by atoms with Crippen LogP contribution in [-0.4, -0.2) is 21.9 Å². The van der Waals surface area contributed by atoms with Gasteiger partial charge in [-0.2, -0.15) is 0 Å². The van der Waals surface area contributed by atoms with Crippen molar-refractivity contribution in [2.75, 3.05) is 0 Å². The van der Waals surface area contributed by atoms with Gasteiger partial charge in [-0.05, 0) is 19.8 Å². The lowest BCUT2D eigenvalue weighted by Crippen LogP contribution is -2.43. The van der Waals surface area contributed by atoms with Crippen molar-refractivity contribution >= 4 is 17.4 Å². The van der Waals surface area contributed by atoms with E-state index in [1.54, 1.807) is 0 Å². The van der Waals surface area contributed by atoms with Crippen LogP contribution in [0.2, 0.25) is 0 Å². The van der Waals surface area contributed by atoms with Crippen molar-refractivity contribution in [3.8, 4) is 0 Å². The van der Waals surface area contributed by atoms with Crippen LogP contribution in [0.15, 0.2) is 0 Å². The molecule has 0 unspecified atom stereocenters. The Kier molecular flexibility index (Phi) is 3.13. The SMILES string of the molecule is CC(=O)C[C@@]1(O)CCCC[C@H]1Cl. The number of carbonyl (C=O) groups excluding carboxylic acids is 1. The van der Waals surface area contributed by atoms with Gasteiger partial charge in [0.15, 0.2) is 0 Å². The van der Waals surface area contributed by atoms with Crippen LogP contribution in [0.4, 0.5) is 0 Å². The first-order valence-corrected chi connectivity index (χ1v) is 4.84. The first kappa shape index (κ1) is 10.0. The smallest absolute Gasteiger partial charge is 0.132 e. The van der Waals surface area contributed by atoms with Crippen molar-refractivity contribution in [3.63, 3.8) is 0 Å². The van der Waals surface area contributed by atoms with Gasteiger partial charge in [0, 0.05) is 6.42 Å². The predicted octanol–water partition coefficient (Wildman–Crippen LogP) is 1.88.